The number of benzene rings is 1. The van der Waals surface area contributed by atoms with E-state index in [0.29, 0.717) is 11.4 Å². The van der Waals surface area contributed by atoms with Crippen molar-refractivity contribution in [2.24, 2.45) is 7.05 Å². The van der Waals surface area contributed by atoms with Gasteiger partial charge in [-0.25, -0.2) is 0 Å². The second-order valence-corrected chi connectivity index (χ2v) is 4.04. The predicted octanol–water partition coefficient (Wildman–Crippen LogP) is 1.67. The van der Waals surface area contributed by atoms with Gasteiger partial charge in [0.25, 0.3) is 0 Å². The second-order valence-electron chi connectivity index (χ2n) is 4.04. The number of hydrogen-bond acceptors (Lipinski definition) is 4. The van der Waals surface area contributed by atoms with E-state index in [1.807, 2.05) is 36.0 Å². The van der Waals surface area contributed by atoms with Crippen molar-refractivity contribution < 1.29 is 4.74 Å². The van der Waals surface area contributed by atoms with Crippen LogP contribution in [0.3, 0.4) is 0 Å². The molecule has 0 bridgehead atoms. The number of hydrogen-bond donors (Lipinski definition) is 2. The number of rotatable bonds is 5. The van der Waals surface area contributed by atoms with Crippen LogP contribution in [-0.2, 0) is 13.5 Å². The molecule has 0 amide bonds. The van der Waals surface area contributed by atoms with E-state index < -0.39 is 0 Å². The van der Waals surface area contributed by atoms with Gasteiger partial charge in [-0.05, 0) is 18.2 Å². The Hall–Kier alpha value is -2.17. The maximum absolute atomic E-state index is 5.98. The summed E-state index contributed by atoms with van der Waals surface area (Å²) in [7, 11) is 3.56. The highest BCUT2D eigenvalue weighted by Gasteiger charge is 2.04. The SMILES string of the molecule is COc1cccc(NCCc2ccnn2C)c1N. The Balaban J connectivity index is 1.96. The number of aryl methyl sites for hydroxylation is 1. The molecule has 0 aliphatic rings. The van der Waals surface area contributed by atoms with Crippen LogP contribution < -0.4 is 15.8 Å². The molecule has 1 aromatic heterocycles. The number of nitrogens with one attached hydrogen (secondary N) is 1. The highest BCUT2D eigenvalue weighted by Crippen LogP contribution is 2.28. The molecule has 0 saturated carbocycles. The minimum atomic E-state index is 0.644. The van der Waals surface area contributed by atoms with E-state index in [1.165, 1.54) is 5.69 Å². The summed E-state index contributed by atoms with van der Waals surface area (Å²) >= 11 is 0. The fourth-order valence-electron chi connectivity index (χ4n) is 1.85. The van der Waals surface area contributed by atoms with Crippen LogP contribution in [0.15, 0.2) is 30.5 Å². The Morgan fingerprint density at radius 2 is 2.22 bits per heavy atom. The van der Waals surface area contributed by atoms with Crippen LogP contribution in [0.1, 0.15) is 5.69 Å². The number of nitrogen functional groups attached to an aromatic ring is 1. The molecule has 0 aliphatic carbocycles. The van der Waals surface area contributed by atoms with Gasteiger partial charge in [-0.1, -0.05) is 6.07 Å². The summed E-state index contributed by atoms with van der Waals surface area (Å²) in [5.41, 5.74) is 8.71. The minimum Gasteiger partial charge on any atom is -0.495 e. The fourth-order valence-corrected chi connectivity index (χ4v) is 1.85. The minimum absolute atomic E-state index is 0.644. The Kier molecular flexibility index (Phi) is 3.72. The molecule has 1 heterocycles. The lowest BCUT2D eigenvalue weighted by atomic mass is 10.2. The highest BCUT2D eigenvalue weighted by atomic mass is 16.5. The molecule has 2 rings (SSSR count). The van der Waals surface area contributed by atoms with Gasteiger partial charge in [0.2, 0.25) is 0 Å². The summed E-state index contributed by atoms with van der Waals surface area (Å²) in [5.74, 6) is 0.695. The van der Waals surface area contributed by atoms with Crippen LogP contribution in [0.5, 0.6) is 5.75 Å². The van der Waals surface area contributed by atoms with Crippen molar-refractivity contribution >= 4 is 11.4 Å². The van der Waals surface area contributed by atoms with Crippen LogP contribution in [0, 0.1) is 0 Å². The Labute approximate surface area is 107 Å². The molecule has 1 aromatic carbocycles. The van der Waals surface area contributed by atoms with Crippen LogP contribution in [-0.4, -0.2) is 23.4 Å². The molecule has 0 aliphatic heterocycles. The highest BCUT2D eigenvalue weighted by molar-refractivity contribution is 5.72. The van der Waals surface area contributed by atoms with Gasteiger partial charge in [0.15, 0.2) is 0 Å². The van der Waals surface area contributed by atoms with Gasteiger partial charge in [0.1, 0.15) is 5.75 Å². The van der Waals surface area contributed by atoms with Gasteiger partial charge < -0.3 is 15.8 Å². The van der Waals surface area contributed by atoms with Crippen molar-refractivity contribution in [1.82, 2.24) is 9.78 Å². The topological polar surface area (TPSA) is 65.1 Å². The first-order valence-electron chi connectivity index (χ1n) is 5.85. The third kappa shape index (κ3) is 2.56. The van der Waals surface area contributed by atoms with Crippen LogP contribution in [0.25, 0.3) is 0 Å². The first-order chi connectivity index (χ1) is 8.72. The number of aromatic nitrogens is 2. The molecule has 2 aromatic rings. The zero-order valence-electron chi connectivity index (χ0n) is 10.7. The number of ether oxygens (including phenoxy) is 1. The molecule has 0 atom stereocenters. The zero-order chi connectivity index (χ0) is 13.0. The van der Waals surface area contributed by atoms with Crippen LogP contribution in [0.4, 0.5) is 11.4 Å². The summed E-state index contributed by atoms with van der Waals surface area (Å²) in [6.07, 6.45) is 2.70. The third-order valence-corrected chi connectivity index (χ3v) is 2.91. The quantitative estimate of drug-likeness (QED) is 0.788. The normalized spacial score (nSPS) is 10.3. The average Bonchev–Trinajstić information content (AvgIpc) is 2.77. The van der Waals surface area contributed by atoms with Crippen molar-refractivity contribution in [3.8, 4) is 5.75 Å². The summed E-state index contributed by atoms with van der Waals surface area (Å²) in [4.78, 5) is 0. The zero-order valence-corrected chi connectivity index (χ0v) is 10.7. The van der Waals surface area contributed by atoms with Gasteiger partial charge in [0.05, 0.1) is 18.5 Å². The van der Waals surface area contributed by atoms with Crippen molar-refractivity contribution in [2.45, 2.75) is 6.42 Å². The average molecular weight is 246 g/mol. The summed E-state index contributed by atoms with van der Waals surface area (Å²) in [5, 5.41) is 7.44. The van der Waals surface area contributed by atoms with E-state index in [4.69, 9.17) is 10.5 Å². The molecule has 0 radical (unpaired) electrons. The van der Waals surface area contributed by atoms with E-state index in [-0.39, 0.29) is 0 Å². The van der Waals surface area contributed by atoms with Crippen molar-refractivity contribution in [3.63, 3.8) is 0 Å². The molecular formula is C13H18N4O. The second kappa shape index (κ2) is 5.44. The van der Waals surface area contributed by atoms with E-state index >= 15 is 0 Å². The predicted molar refractivity (Wildman–Crippen MR) is 72.8 cm³/mol. The summed E-state index contributed by atoms with van der Waals surface area (Å²) in [6.45, 7) is 0.802. The lowest BCUT2D eigenvalue weighted by Gasteiger charge is -2.12. The van der Waals surface area contributed by atoms with E-state index in [0.717, 1.165) is 18.7 Å². The van der Waals surface area contributed by atoms with Gasteiger partial charge >= 0.3 is 0 Å². The van der Waals surface area contributed by atoms with Crippen LogP contribution >= 0.6 is 0 Å². The molecule has 5 nitrogen and oxygen atoms in total. The number of anilines is 2. The lowest BCUT2D eigenvalue weighted by Crippen LogP contribution is -2.09. The molecule has 5 heteroatoms. The first-order valence-corrected chi connectivity index (χ1v) is 5.85. The molecule has 0 unspecified atom stereocenters. The molecule has 18 heavy (non-hydrogen) atoms. The van der Waals surface area contributed by atoms with E-state index in [9.17, 15) is 0 Å². The smallest absolute Gasteiger partial charge is 0.143 e. The molecule has 0 spiro atoms. The van der Waals surface area contributed by atoms with E-state index in [2.05, 4.69) is 10.4 Å². The van der Waals surface area contributed by atoms with Crippen molar-refractivity contribution in [2.75, 3.05) is 24.7 Å². The fraction of sp³-hybridized carbons (Fsp3) is 0.308. The van der Waals surface area contributed by atoms with Crippen LogP contribution in [0.2, 0.25) is 0 Å². The molecular weight excluding hydrogens is 228 g/mol. The lowest BCUT2D eigenvalue weighted by molar-refractivity contribution is 0.417. The molecule has 3 N–H and O–H groups in total. The molecule has 96 valence electrons. The number of para-hydroxylation sites is 1. The van der Waals surface area contributed by atoms with Gasteiger partial charge in [-0.2, -0.15) is 5.10 Å². The Morgan fingerprint density at radius 3 is 2.89 bits per heavy atom. The van der Waals surface area contributed by atoms with Gasteiger partial charge in [0, 0.05) is 31.9 Å². The van der Waals surface area contributed by atoms with Gasteiger partial charge in [-0.3, -0.25) is 4.68 Å². The number of nitrogens with two attached hydrogens (primary N) is 1. The Morgan fingerprint density at radius 1 is 1.39 bits per heavy atom. The summed E-state index contributed by atoms with van der Waals surface area (Å²) < 4.78 is 7.05. The first kappa shape index (κ1) is 12.3. The third-order valence-electron chi connectivity index (χ3n) is 2.91. The number of nitrogens with zero attached hydrogens (tertiary/aromatic N) is 2. The standard InChI is InChI=1S/C13H18N4O/c1-17-10(7-9-16-17)6-8-15-11-4-3-5-12(18-2)13(11)14/h3-5,7,9,15H,6,8,14H2,1-2H3. The van der Waals surface area contributed by atoms with Crippen molar-refractivity contribution in [3.05, 3.63) is 36.2 Å². The monoisotopic (exact) mass is 246 g/mol. The number of methoxy groups -OCH3 is 1. The molecule has 0 saturated heterocycles. The maximum Gasteiger partial charge on any atom is 0.143 e. The molecule has 0 fully saturated rings. The van der Waals surface area contributed by atoms with Crippen molar-refractivity contribution in [1.29, 1.82) is 0 Å². The summed E-state index contributed by atoms with van der Waals surface area (Å²) in [6, 6.07) is 7.72. The van der Waals surface area contributed by atoms with E-state index in [1.54, 1.807) is 13.3 Å². The Bertz CT molecular complexity index is 521. The maximum atomic E-state index is 5.98. The largest absolute Gasteiger partial charge is 0.495 e. The van der Waals surface area contributed by atoms with Gasteiger partial charge in [-0.15, -0.1) is 0 Å².